The summed E-state index contributed by atoms with van der Waals surface area (Å²) in [5, 5.41) is 75.1. The fourth-order valence-corrected chi connectivity index (χ4v) is 24.0. The molecule has 0 aromatic carbocycles. The first-order valence-electron chi connectivity index (χ1n) is 33.6. The Morgan fingerprint density at radius 1 is 0.500 bits per heavy atom. The van der Waals surface area contributed by atoms with Crippen LogP contribution in [0, 0.1) is 109 Å². The van der Waals surface area contributed by atoms with Crippen LogP contribution in [0.15, 0.2) is 0 Å². The maximum Gasteiger partial charge on any atom is 1.00 e. The molecule has 510 valence electrons. The van der Waals surface area contributed by atoms with E-state index in [1.165, 1.54) is 19.8 Å². The van der Waals surface area contributed by atoms with Gasteiger partial charge in [0, 0.05) is 75.4 Å². The summed E-state index contributed by atoms with van der Waals surface area (Å²) in [6, 6.07) is 0. The zero-order chi connectivity index (χ0) is 61.6. The summed E-state index contributed by atoms with van der Waals surface area (Å²) in [7, 11) is 0. The number of rotatable bonds is 7. The molecule has 1 saturated heterocycles. The second-order valence-electron chi connectivity index (χ2n) is 31.8. The van der Waals surface area contributed by atoms with E-state index in [9.17, 15) is 69.3 Å². The van der Waals surface area contributed by atoms with Crippen LogP contribution < -0.4 is 51.4 Å². The molecule has 13 aliphatic rings. The van der Waals surface area contributed by atoms with E-state index in [-0.39, 0.29) is 167 Å². The van der Waals surface area contributed by atoms with E-state index in [1.807, 2.05) is 13.8 Å². The number of Topliss-reactive ketones (excluding diaryl/α,β-unsaturated/α-hetero) is 6. The van der Waals surface area contributed by atoms with Gasteiger partial charge in [-0.3, -0.25) is 33.6 Å². The molecule has 12 saturated carbocycles. The first-order valence-corrected chi connectivity index (χ1v) is 33.6. The van der Waals surface area contributed by atoms with Crippen molar-refractivity contribution in [3.05, 3.63) is 0 Å². The van der Waals surface area contributed by atoms with E-state index in [1.54, 1.807) is 0 Å². The molecule has 0 aromatic heterocycles. The van der Waals surface area contributed by atoms with Crippen molar-refractivity contribution in [3.63, 3.8) is 0 Å². The van der Waals surface area contributed by atoms with Crippen LogP contribution in [0.25, 0.3) is 0 Å². The van der Waals surface area contributed by atoms with Gasteiger partial charge in [0.2, 0.25) is 5.78 Å². The molecular weight excluding hydrogens is 1180 g/mol. The van der Waals surface area contributed by atoms with Crippen LogP contribution in [0.1, 0.15) is 238 Å². The number of fused-ring (bicyclic) bond motifs is 15. The monoisotopic (exact) mass is 1290 g/mol. The molecule has 1 heterocycles. The largest absolute Gasteiger partial charge is 1.00 e. The second-order valence-corrected chi connectivity index (χ2v) is 31.8. The Morgan fingerprint density at radius 2 is 0.878 bits per heavy atom. The van der Waals surface area contributed by atoms with Crippen LogP contribution in [-0.4, -0.2) is 144 Å². The van der Waals surface area contributed by atoms with Gasteiger partial charge < -0.3 is 50.7 Å². The number of carbonyl (C=O) groups is 7. The molecule has 0 aromatic rings. The average Bonchev–Trinajstić information content (AvgIpc) is 1.43. The van der Waals surface area contributed by atoms with Crippen molar-refractivity contribution >= 4 is 40.7 Å². The quantitative estimate of drug-likeness (QED) is 0.105. The SMILES string of the molecule is C.C.C.C1CCOC1.CC(=O)OCC(=O)[C@@]1(O)CC[C@H]2[C@@H]3CC[C@H]4CC(=O)CC[C@]4(C)[C@H]3[C@@H](O)C[C@@]21C.C[C@]12CCC(=O)C[C@@H]1CC[C@@H]1[C@@H]2[C@@H](O)C[C@@]2(C)[C@H]1CC[C@]2(O)C(=O)CO.C[C@]12CCC(=O)C[C@@H]1CC[C@@H]1[C@@H]2[C@@H](O)C[C@]2(C)C(C(=O)CO)CC[C@@H]12.[K+].[OH-]. The molecule has 12 aliphatic carbocycles. The molecule has 24 atom stereocenters. The van der Waals surface area contributed by atoms with E-state index >= 15 is 0 Å². The minimum Gasteiger partial charge on any atom is -0.870 e. The van der Waals surface area contributed by atoms with Gasteiger partial charge in [-0.15, -0.1) is 0 Å². The Bertz CT molecular complexity index is 2570. The van der Waals surface area contributed by atoms with Crippen molar-refractivity contribution in [2.75, 3.05) is 33.0 Å². The van der Waals surface area contributed by atoms with Gasteiger partial charge in [0.05, 0.1) is 18.3 Å². The number of ether oxygens (including phenoxy) is 2. The van der Waals surface area contributed by atoms with E-state index in [2.05, 4.69) is 27.7 Å². The number of hydrogen-bond donors (Lipinski definition) is 7. The molecule has 0 bridgehead atoms. The third-order valence-corrected chi connectivity index (χ3v) is 28.4. The van der Waals surface area contributed by atoms with Crippen LogP contribution in [0.5, 0.6) is 0 Å². The number of aliphatic hydroxyl groups is 7. The number of aliphatic hydroxyl groups excluding tert-OH is 5. The fourth-order valence-electron chi connectivity index (χ4n) is 24.0. The van der Waals surface area contributed by atoms with E-state index < -0.39 is 65.0 Å². The summed E-state index contributed by atoms with van der Waals surface area (Å²) in [4.78, 5) is 84.7. The van der Waals surface area contributed by atoms with Gasteiger partial charge in [-0.1, -0.05) is 63.8 Å². The normalized spacial score (nSPS) is 47.1. The second kappa shape index (κ2) is 29.9. The van der Waals surface area contributed by atoms with Gasteiger partial charge in [-0.2, -0.15) is 0 Å². The minimum atomic E-state index is -1.57. The standard InChI is InChI=1S/C23H34O6.C21H32O5.C21H32O4.C4H8O.3CH4.K.H2O/c1-13(24)29-12-19(27)23(28)9-7-17-16-5-4-14-10-15(25)6-8-21(14,2)20(16)18(26)11-22(17,23)3;1-19-7-5-13(23)9-12(19)3-4-14-15-6-8-21(26,17(25)11-22)20(15,2)10-16(24)18(14)19;1-20-8-7-13(23)9-12(20)3-4-14-15-5-6-16(18(25)11-22)21(15,2)10-17(24)19(14)20;1-2-4-5-3-1;;;;;/h14,16-18,20,26,28H,4-12H2,1-3H3;12,14-16,18,22,24,26H,3-11H2,1-2H3;12,14-17,19,22,24H,3-11H2,1-2H3;1-4H2;3*1H4;;1H2/q;;;;;;;+1;/p-1/t14-,16-,17-,18-,20+,21-,22-,23-;12-,14-,15-,16-,18+,19-,20-,21-;12-,14-,15-,16?,17-,19+,20-,21-;;;;;;/m000....../s1. The zero-order valence-electron chi connectivity index (χ0n) is 53.9. The first-order chi connectivity index (χ1) is 40.0. The molecule has 0 radical (unpaired) electrons. The Kier molecular flexibility index (Phi) is 26.4. The number of carbonyl (C=O) groups excluding carboxylic acids is 7. The van der Waals surface area contributed by atoms with Crippen molar-refractivity contribution in [2.24, 2.45) is 109 Å². The van der Waals surface area contributed by atoms with Gasteiger partial charge >= 0.3 is 57.4 Å². The molecule has 0 amide bonds. The summed E-state index contributed by atoms with van der Waals surface area (Å²) in [6.45, 7) is 14.7. The van der Waals surface area contributed by atoms with Crippen LogP contribution in [0.3, 0.4) is 0 Å². The topological polar surface area (TPSA) is 310 Å². The van der Waals surface area contributed by atoms with Crippen LogP contribution in [-0.2, 0) is 43.0 Å². The number of ketones is 6. The molecule has 13 fully saturated rings. The molecule has 1 aliphatic heterocycles. The molecule has 18 heteroatoms. The molecule has 1 unspecified atom stereocenters. The fraction of sp³-hybridized carbons (Fsp3) is 0.903. The summed E-state index contributed by atoms with van der Waals surface area (Å²) in [6.07, 6.45) is 19.0. The van der Waals surface area contributed by atoms with Gasteiger partial charge in [0.1, 0.15) is 41.8 Å². The van der Waals surface area contributed by atoms with Gasteiger partial charge in [-0.25, -0.2) is 0 Å². The van der Waals surface area contributed by atoms with E-state index in [0.29, 0.717) is 118 Å². The average molecular weight is 1300 g/mol. The Balaban J connectivity index is 0.000000230. The van der Waals surface area contributed by atoms with Crippen LogP contribution >= 0.6 is 0 Å². The van der Waals surface area contributed by atoms with E-state index in [4.69, 9.17) is 9.47 Å². The van der Waals surface area contributed by atoms with E-state index in [0.717, 1.165) is 96.7 Å². The summed E-state index contributed by atoms with van der Waals surface area (Å²) >= 11 is 0. The van der Waals surface area contributed by atoms with Crippen molar-refractivity contribution in [1.82, 2.24) is 0 Å². The van der Waals surface area contributed by atoms with Crippen molar-refractivity contribution in [3.8, 4) is 0 Å². The first kappa shape index (κ1) is 79.5. The maximum atomic E-state index is 12.9. The van der Waals surface area contributed by atoms with Crippen molar-refractivity contribution in [1.29, 1.82) is 0 Å². The Labute approximate surface area is 581 Å². The third kappa shape index (κ3) is 13.2. The summed E-state index contributed by atoms with van der Waals surface area (Å²) in [5.74, 6) is 2.85. The van der Waals surface area contributed by atoms with Gasteiger partial charge in [0.25, 0.3) is 0 Å². The number of esters is 1. The molecular formula is C72H119KO17. The Hall–Kier alpha value is -1.23. The summed E-state index contributed by atoms with van der Waals surface area (Å²) in [5.41, 5.74) is -4.69. The predicted molar refractivity (Wildman–Crippen MR) is 336 cm³/mol. The smallest absolute Gasteiger partial charge is 0.870 e. The van der Waals surface area contributed by atoms with Crippen molar-refractivity contribution < 1.29 is 136 Å². The van der Waals surface area contributed by atoms with Crippen molar-refractivity contribution in [2.45, 2.75) is 267 Å². The summed E-state index contributed by atoms with van der Waals surface area (Å²) < 4.78 is 9.84. The van der Waals surface area contributed by atoms with Crippen LogP contribution in [0.4, 0.5) is 0 Å². The van der Waals surface area contributed by atoms with Crippen LogP contribution in [0.2, 0.25) is 0 Å². The molecule has 17 nitrogen and oxygen atoms in total. The minimum absolute atomic E-state index is 0. The number of hydrogen-bond acceptors (Lipinski definition) is 17. The molecule has 8 N–H and O–H groups in total. The molecule has 0 spiro atoms. The zero-order valence-corrected chi connectivity index (χ0v) is 57.0. The Morgan fingerprint density at radius 3 is 1.23 bits per heavy atom. The molecule has 13 rings (SSSR count). The molecule has 90 heavy (non-hydrogen) atoms. The maximum absolute atomic E-state index is 12.9. The third-order valence-electron chi connectivity index (χ3n) is 28.4. The predicted octanol–water partition coefficient (Wildman–Crippen LogP) is 6.57. The van der Waals surface area contributed by atoms with Gasteiger partial charge in [-0.05, 0) is 221 Å². The van der Waals surface area contributed by atoms with Gasteiger partial charge in [0.15, 0.2) is 18.2 Å².